The molecule has 1 atom stereocenters. The van der Waals surface area contributed by atoms with Crippen molar-refractivity contribution in [2.24, 2.45) is 5.92 Å². The first-order valence-electron chi connectivity index (χ1n) is 6.15. The monoisotopic (exact) mass is 219 g/mol. The number of nitrogens with one attached hydrogen (secondary N) is 1. The van der Waals surface area contributed by atoms with E-state index >= 15 is 0 Å². The second-order valence-electron chi connectivity index (χ2n) is 4.62. The molecular formula is C13H21N3. The van der Waals surface area contributed by atoms with E-state index in [0.717, 1.165) is 19.0 Å². The lowest BCUT2D eigenvalue weighted by Gasteiger charge is -2.32. The minimum atomic E-state index is 0.808. The fourth-order valence-corrected chi connectivity index (χ4v) is 2.47. The first kappa shape index (κ1) is 11.6. The molecule has 16 heavy (non-hydrogen) atoms. The highest BCUT2D eigenvalue weighted by molar-refractivity contribution is 5.03. The Morgan fingerprint density at radius 3 is 3.19 bits per heavy atom. The van der Waals surface area contributed by atoms with Gasteiger partial charge in [-0.15, -0.1) is 0 Å². The molecule has 0 aliphatic carbocycles. The van der Waals surface area contributed by atoms with E-state index in [1.807, 2.05) is 19.3 Å². The normalized spacial score (nSPS) is 22.2. The molecular weight excluding hydrogens is 198 g/mol. The van der Waals surface area contributed by atoms with Gasteiger partial charge in [0.2, 0.25) is 0 Å². The maximum absolute atomic E-state index is 4.39. The van der Waals surface area contributed by atoms with Crippen LogP contribution in [0.1, 0.15) is 18.5 Å². The predicted octanol–water partition coefficient (Wildman–Crippen LogP) is 1.51. The highest BCUT2D eigenvalue weighted by atomic mass is 15.1. The van der Waals surface area contributed by atoms with Gasteiger partial charge >= 0.3 is 0 Å². The molecule has 88 valence electrons. The SMILES string of the molecule is CNC[C@H]1CCCN(Cc2ccccn2)C1. The van der Waals surface area contributed by atoms with E-state index < -0.39 is 0 Å². The van der Waals surface area contributed by atoms with E-state index in [2.05, 4.69) is 27.3 Å². The Morgan fingerprint density at radius 2 is 2.44 bits per heavy atom. The standard InChI is InChI=1S/C13H21N3/c1-14-9-12-5-4-8-16(10-12)11-13-6-2-3-7-15-13/h2-3,6-7,12,14H,4-5,8-11H2,1H3/t12-/m1/s1. The molecule has 0 spiro atoms. The van der Waals surface area contributed by atoms with Crippen LogP contribution in [-0.4, -0.2) is 36.6 Å². The second-order valence-corrected chi connectivity index (χ2v) is 4.62. The molecule has 0 radical (unpaired) electrons. The van der Waals surface area contributed by atoms with Gasteiger partial charge in [0.15, 0.2) is 0 Å². The summed E-state index contributed by atoms with van der Waals surface area (Å²) in [6.07, 6.45) is 4.56. The predicted molar refractivity (Wildman–Crippen MR) is 66.2 cm³/mol. The third-order valence-electron chi connectivity index (χ3n) is 3.21. The van der Waals surface area contributed by atoms with E-state index in [9.17, 15) is 0 Å². The third kappa shape index (κ3) is 3.29. The summed E-state index contributed by atoms with van der Waals surface area (Å²) >= 11 is 0. The number of nitrogens with zero attached hydrogens (tertiary/aromatic N) is 2. The Hall–Kier alpha value is -0.930. The topological polar surface area (TPSA) is 28.2 Å². The molecule has 1 N–H and O–H groups in total. The van der Waals surface area contributed by atoms with Crippen LogP contribution in [0.3, 0.4) is 0 Å². The smallest absolute Gasteiger partial charge is 0.0543 e. The van der Waals surface area contributed by atoms with Gasteiger partial charge in [0.25, 0.3) is 0 Å². The Bertz CT molecular complexity index is 297. The summed E-state index contributed by atoms with van der Waals surface area (Å²) < 4.78 is 0. The van der Waals surface area contributed by atoms with E-state index in [4.69, 9.17) is 0 Å². The molecule has 1 aromatic rings. The second kappa shape index (κ2) is 5.97. The van der Waals surface area contributed by atoms with E-state index in [1.54, 1.807) is 0 Å². The summed E-state index contributed by atoms with van der Waals surface area (Å²) in [5, 5.41) is 3.28. The number of aromatic nitrogens is 1. The van der Waals surface area contributed by atoms with Gasteiger partial charge in [-0.3, -0.25) is 9.88 Å². The molecule has 3 nitrogen and oxygen atoms in total. The zero-order valence-electron chi connectivity index (χ0n) is 10.0. The lowest BCUT2D eigenvalue weighted by atomic mass is 9.98. The summed E-state index contributed by atoms with van der Waals surface area (Å²) in [6.45, 7) is 4.56. The van der Waals surface area contributed by atoms with Crippen LogP contribution in [0.25, 0.3) is 0 Å². The summed E-state index contributed by atoms with van der Waals surface area (Å²) in [4.78, 5) is 6.91. The van der Waals surface area contributed by atoms with Crippen molar-refractivity contribution in [3.63, 3.8) is 0 Å². The van der Waals surface area contributed by atoms with Gasteiger partial charge in [-0.1, -0.05) is 6.07 Å². The average molecular weight is 219 g/mol. The molecule has 2 heterocycles. The number of hydrogen-bond donors (Lipinski definition) is 1. The van der Waals surface area contributed by atoms with E-state index in [-0.39, 0.29) is 0 Å². The lowest BCUT2D eigenvalue weighted by molar-refractivity contribution is 0.165. The largest absolute Gasteiger partial charge is 0.319 e. The minimum absolute atomic E-state index is 0.808. The summed E-state index contributed by atoms with van der Waals surface area (Å²) in [6, 6.07) is 6.16. The van der Waals surface area contributed by atoms with Crippen molar-refractivity contribution >= 4 is 0 Å². The van der Waals surface area contributed by atoms with Crippen molar-refractivity contribution in [3.05, 3.63) is 30.1 Å². The number of pyridine rings is 1. The molecule has 2 rings (SSSR count). The van der Waals surface area contributed by atoms with Gasteiger partial charge < -0.3 is 5.32 Å². The molecule has 1 aromatic heterocycles. The number of likely N-dealkylation sites (tertiary alicyclic amines) is 1. The third-order valence-corrected chi connectivity index (χ3v) is 3.21. The van der Waals surface area contributed by atoms with Crippen LogP contribution in [0.5, 0.6) is 0 Å². The van der Waals surface area contributed by atoms with Gasteiger partial charge in [0, 0.05) is 19.3 Å². The van der Waals surface area contributed by atoms with Gasteiger partial charge in [-0.05, 0) is 51.0 Å². The Labute approximate surface area is 97.9 Å². The fraction of sp³-hybridized carbons (Fsp3) is 0.615. The quantitative estimate of drug-likeness (QED) is 0.832. The average Bonchev–Trinajstić information content (AvgIpc) is 2.31. The van der Waals surface area contributed by atoms with Crippen molar-refractivity contribution in [3.8, 4) is 0 Å². The Morgan fingerprint density at radius 1 is 1.50 bits per heavy atom. The molecule has 3 heteroatoms. The molecule has 0 amide bonds. The minimum Gasteiger partial charge on any atom is -0.319 e. The van der Waals surface area contributed by atoms with Crippen LogP contribution >= 0.6 is 0 Å². The number of hydrogen-bond acceptors (Lipinski definition) is 3. The zero-order chi connectivity index (χ0) is 11.2. The van der Waals surface area contributed by atoms with Crippen molar-refractivity contribution in [2.45, 2.75) is 19.4 Å². The first-order chi connectivity index (χ1) is 7.88. The maximum Gasteiger partial charge on any atom is 0.0543 e. The highest BCUT2D eigenvalue weighted by Gasteiger charge is 2.19. The zero-order valence-corrected chi connectivity index (χ0v) is 10.0. The molecule has 0 bridgehead atoms. The number of rotatable bonds is 4. The molecule has 0 unspecified atom stereocenters. The van der Waals surface area contributed by atoms with Gasteiger partial charge in [-0.25, -0.2) is 0 Å². The van der Waals surface area contributed by atoms with Gasteiger partial charge in [0.05, 0.1) is 5.69 Å². The molecule has 1 aliphatic rings. The van der Waals surface area contributed by atoms with Gasteiger partial charge in [-0.2, -0.15) is 0 Å². The van der Waals surface area contributed by atoms with Gasteiger partial charge in [0.1, 0.15) is 0 Å². The molecule has 0 aromatic carbocycles. The summed E-state index contributed by atoms with van der Waals surface area (Å²) in [5.74, 6) is 0.808. The lowest BCUT2D eigenvalue weighted by Crippen LogP contribution is -2.38. The Kier molecular flexibility index (Phi) is 4.31. The highest BCUT2D eigenvalue weighted by Crippen LogP contribution is 2.17. The van der Waals surface area contributed by atoms with Crippen molar-refractivity contribution in [1.82, 2.24) is 15.2 Å². The van der Waals surface area contributed by atoms with Crippen molar-refractivity contribution < 1.29 is 0 Å². The molecule has 1 saturated heterocycles. The van der Waals surface area contributed by atoms with Crippen molar-refractivity contribution in [2.75, 3.05) is 26.7 Å². The van der Waals surface area contributed by atoms with E-state index in [0.29, 0.717) is 0 Å². The maximum atomic E-state index is 4.39. The van der Waals surface area contributed by atoms with Crippen LogP contribution in [0.4, 0.5) is 0 Å². The molecule has 1 aliphatic heterocycles. The van der Waals surface area contributed by atoms with Crippen LogP contribution in [0.2, 0.25) is 0 Å². The summed E-state index contributed by atoms with van der Waals surface area (Å²) in [5.41, 5.74) is 1.19. The van der Waals surface area contributed by atoms with Crippen molar-refractivity contribution in [1.29, 1.82) is 0 Å². The molecule has 1 fully saturated rings. The summed E-state index contributed by atoms with van der Waals surface area (Å²) in [7, 11) is 2.04. The van der Waals surface area contributed by atoms with Crippen LogP contribution in [-0.2, 0) is 6.54 Å². The van der Waals surface area contributed by atoms with E-state index in [1.165, 1.54) is 31.6 Å². The Balaban J connectivity index is 1.85. The first-order valence-corrected chi connectivity index (χ1v) is 6.15. The van der Waals surface area contributed by atoms with Crippen LogP contribution < -0.4 is 5.32 Å². The van der Waals surface area contributed by atoms with Crippen LogP contribution in [0.15, 0.2) is 24.4 Å². The number of piperidine rings is 1. The fourth-order valence-electron chi connectivity index (χ4n) is 2.47. The molecule has 0 saturated carbocycles. The van der Waals surface area contributed by atoms with Crippen LogP contribution in [0, 0.1) is 5.92 Å².